The van der Waals surface area contributed by atoms with Gasteiger partial charge in [-0.15, -0.1) is 0 Å². The molecule has 0 heterocycles. The predicted molar refractivity (Wildman–Crippen MR) is 37.8 cm³/mol. The van der Waals surface area contributed by atoms with Gasteiger partial charge >= 0.3 is 0 Å². The first kappa shape index (κ1) is 7.28. The second-order valence-corrected chi connectivity index (χ2v) is 1.48. The third-order valence-electron chi connectivity index (χ3n) is 0.878. The number of allylic oxidation sites excluding steroid dienone is 6. The van der Waals surface area contributed by atoms with E-state index in [4.69, 9.17) is 0 Å². The Morgan fingerprint density at radius 2 is 1.25 bits per heavy atom. The van der Waals surface area contributed by atoms with Gasteiger partial charge in [-0.1, -0.05) is 36.5 Å². The lowest BCUT2D eigenvalue weighted by atomic mass is 10.4. The van der Waals surface area contributed by atoms with Gasteiger partial charge in [0.15, 0.2) is 0 Å². The van der Waals surface area contributed by atoms with Crippen molar-refractivity contribution >= 4 is 8.41 Å². The fourth-order valence-corrected chi connectivity index (χ4v) is 0.521. The number of hydrogen-bond acceptors (Lipinski definition) is 0. The van der Waals surface area contributed by atoms with Crippen LogP contribution in [0.2, 0.25) is 0 Å². The predicted octanol–water partition coefficient (Wildman–Crippen LogP) is 1.68. The third-order valence-corrected chi connectivity index (χ3v) is 0.878. The van der Waals surface area contributed by atoms with Gasteiger partial charge in [0, 0.05) is 8.41 Å². The Kier molecular flexibility index (Phi) is 4.05. The molecule has 1 aliphatic carbocycles. The van der Waals surface area contributed by atoms with Crippen molar-refractivity contribution in [1.29, 1.82) is 0 Å². The Morgan fingerprint density at radius 1 is 0.750 bits per heavy atom. The second-order valence-electron chi connectivity index (χ2n) is 1.48. The molecule has 1 rings (SSSR count). The molecule has 8 heavy (non-hydrogen) atoms. The summed E-state index contributed by atoms with van der Waals surface area (Å²) in [5.41, 5.74) is 0. The molecule has 0 aromatic carbocycles. The summed E-state index contributed by atoms with van der Waals surface area (Å²) >= 11 is 0. The summed E-state index contributed by atoms with van der Waals surface area (Å²) in [5, 5.41) is 0. The van der Waals surface area contributed by atoms with Gasteiger partial charge in [0.25, 0.3) is 0 Å². The molecule has 0 N–H and O–H groups in total. The highest BCUT2D eigenvalue weighted by Crippen LogP contribution is 1.91. The molecule has 1 heteroatoms. The minimum absolute atomic E-state index is 0. The summed E-state index contributed by atoms with van der Waals surface area (Å²) in [4.78, 5) is 0. The van der Waals surface area contributed by atoms with Crippen LogP contribution in [0.1, 0.15) is 6.42 Å². The van der Waals surface area contributed by atoms with Crippen LogP contribution in [0.4, 0.5) is 0 Å². The molecule has 0 spiro atoms. The average Bonchev–Trinajstić information content (AvgIpc) is 1.90. The minimum atomic E-state index is 0. The van der Waals surface area contributed by atoms with E-state index in [0.29, 0.717) is 0 Å². The minimum Gasteiger partial charge on any atom is -0.0807 e. The van der Waals surface area contributed by atoms with Crippen molar-refractivity contribution in [1.82, 2.24) is 0 Å². The zero-order chi connectivity index (χ0) is 4.95. The van der Waals surface area contributed by atoms with Crippen molar-refractivity contribution in [3.8, 4) is 0 Å². The van der Waals surface area contributed by atoms with Crippen molar-refractivity contribution in [3.05, 3.63) is 36.5 Å². The first-order valence-electron chi connectivity index (χ1n) is 2.48. The maximum atomic E-state index is 2.12. The zero-order valence-corrected chi connectivity index (χ0v) is 4.75. The molecule has 3 radical (unpaired) electrons. The molecule has 39 valence electrons. The summed E-state index contributed by atoms with van der Waals surface area (Å²) in [6.07, 6.45) is 13.5. The maximum Gasteiger partial charge on any atom is 0 e. The van der Waals surface area contributed by atoms with E-state index >= 15 is 0 Å². The summed E-state index contributed by atoms with van der Waals surface area (Å²) in [5.74, 6) is 0. The molecule has 0 aliphatic heterocycles. The van der Waals surface area contributed by atoms with Crippen LogP contribution >= 0.6 is 0 Å². The monoisotopic (exact) mass is 103 g/mol. The molecule has 0 nitrogen and oxygen atoms in total. The van der Waals surface area contributed by atoms with E-state index < -0.39 is 0 Å². The fourth-order valence-electron chi connectivity index (χ4n) is 0.521. The molecule has 0 aromatic rings. The molecule has 0 fully saturated rings. The van der Waals surface area contributed by atoms with Crippen LogP contribution in [0.25, 0.3) is 0 Å². The molecular formula is C7H8B. The maximum absolute atomic E-state index is 2.12. The Bertz CT molecular complexity index is 106. The molecule has 1 aliphatic rings. The highest BCUT2D eigenvalue weighted by atomic mass is 13.8. The van der Waals surface area contributed by atoms with Gasteiger partial charge in [-0.2, -0.15) is 0 Å². The lowest BCUT2D eigenvalue weighted by Gasteiger charge is -1.69. The van der Waals surface area contributed by atoms with Crippen LogP contribution in [-0.2, 0) is 0 Å². The molecule has 0 atom stereocenters. The van der Waals surface area contributed by atoms with Gasteiger partial charge < -0.3 is 0 Å². The topological polar surface area (TPSA) is 0 Å². The van der Waals surface area contributed by atoms with Gasteiger partial charge in [-0.25, -0.2) is 0 Å². The van der Waals surface area contributed by atoms with Gasteiger partial charge in [-0.3, -0.25) is 0 Å². The second kappa shape index (κ2) is 4.44. The summed E-state index contributed by atoms with van der Waals surface area (Å²) in [6.45, 7) is 0. The van der Waals surface area contributed by atoms with E-state index in [9.17, 15) is 0 Å². The van der Waals surface area contributed by atoms with Crippen LogP contribution in [0, 0.1) is 0 Å². The van der Waals surface area contributed by atoms with Gasteiger partial charge in [-0.05, 0) is 6.42 Å². The van der Waals surface area contributed by atoms with Crippen LogP contribution < -0.4 is 0 Å². The van der Waals surface area contributed by atoms with E-state index in [1.807, 2.05) is 12.2 Å². The molecule has 0 unspecified atom stereocenters. The van der Waals surface area contributed by atoms with Crippen molar-refractivity contribution in [3.63, 3.8) is 0 Å². The van der Waals surface area contributed by atoms with E-state index in [2.05, 4.69) is 24.3 Å². The molecule has 0 bridgehead atoms. The number of rotatable bonds is 0. The van der Waals surface area contributed by atoms with Crippen LogP contribution in [0.5, 0.6) is 0 Å². The molecule has 0 amide bonds. The highest BCUT2D eigenvalue weighted by Gasteiger charge is 1.70. The Hall–Kier alpha value is -0.715. The first-order chi connectivity index (χ1) is 3.50. The fraction of sp³-hybridized carbons (Fsp3) is 0.143. The van der Waals surface area contributed by atoms with Crippen molar-refractivity contribution < 1.29 is 0 Å². The quantitative estimate of drug-likeness (QED) is 0.409. The summed E-state index contributed by atoms with van der Waals surface area (Å²) in [6, 6.07) is 0. The van der Waals surface area contributed by atoms with Crippen molar-refractivity contribution in [2.75, 3.05) is 0 Å². The number of hydrogen-bond donors (Lipinski definition) is 0. The smallest absolute Gasteiger partial charge is 0 e. The largest absolute Gasteiger partial charge is 0.0807 e. The molecule has 0 saturated heterocycles. The van der Waals surface area contributed by atoms with Crippen LogP contribution in [0.3, 0.4) is 0 Å². The summed E-state index contributed by atoms with van der Waals surface area (Å²) < 4.78 is 0. The molecule has 0 aromatic heterocycles. The van der Waals surface area contributed by atoms with Crippen LogP contribution in [0.15, 0.2) is 36.5 Å². The SMILES string of the molecule is C1=CC=CCC=C1.[B]. The average molecular weight is 103 g/mol. The summed E-state index contributed by atoms with van der Waals surface area (Å²) in [7, 11) is 0. The van der Waals surface area contributed by atoms with Crippen LogP contribution in [-0.4, -0.2) is 8.41 Å². The first-order valence-corrected chi connectivity index (χ1v) is 2.48. The third kappa shape index (κ3) is 2.46. The standard InChI is InChI=1S/C7H8.B/c1-2-4-6-7-5-3-1;/h1-6H,7H2;. The lowest BCUT2D eigenvalue weighted by Crippen LogP contribution is -1.48. The normalized spacial score (nSPS) is 15.0. The Morgan fingerprint density at radius 3 is 1.75 bits per heavy atom. The van der Waals surface area contributed by atoms with E-state index in [1.54, 1.807) is 0 Å². The van der Waals surface area contributed by atoms with Gasteiger partial charge in [0.05, 0.1) is 0 Å². The van der Waals surface area contributed by atoms with Crippen molar-refractivity contribution in [2.24, 2.45) is 0 Å². The molecular weight excluding hydrogens is 94.9 g/mol. The van der Waals surface area contributed by atoms with Crippen molar-refractivity contribution in [2.45, 2.75) is 6.42 Å². The van der Waals surface area contributed by atoms with Gasteiger partial charge in [0.2, 0.25) is 0 Å². The zero-order valence-electron chi connectivity index (χ0n) is 4.75. The Balaban J connectivity index is 0.000000490. The van der Waals surface area contributed by atoms with Gasteiger partial charge in [0.1, 0.15) is 0 Å². The Labute approximate surface area is 52.2 Å². The molecule has 0 saturated carbocycles. The highest BCUT2D eigenvalue weighted by molar-refractivity contribution is 5.75. The van der Waals surface area contributed by atoms with E-state index in [0.717, 1.165) is 6.42 Å². The van der Waals surface area contributed by atoms with E-state index in [1.165, 1.54) is 0 Å². The van der Waals surface area contributed by atoms with E-state index in [-0.39, 0.29) is 8.41 Å². The lowest BCUT2D eigenvalue weighted by molar-refractivity contribution is 1.41.